The van der Waals surface area contributed by atoms with E-state index >= 15 is 0 Å². The van der Waals surface area contributed by atoms with E-state index in [0.29, 0.717) is 11.4 Å². The third kappa shape index (κ3) is 3.40. The normalized spacial score (nSPS) is 10.0. The second-order valence-corrected chi connectivity index (χ2v) is 4.73. The molecule has 0 fully saturated rings. The zero-order chi connectivity index (χ0) is 11.3. The summed E-state index contributed by atoms with van der Waals surface area (Å²) >= 11 is 7.21. The van der Waals surface area contributed by atoms with Crippen molar-refractivity contribution in [2.24, 2.45) is 0 Å². The van der Waals surface area contributed by atoms with Crippen LogP contribution in [-0.2, 0) is 0 Å². The van der Waals surface area contributed by atoms with Gasteiger partial charge >= 0.3 is 0 Å². The van der Waals surface area contributed by atoms with Gasteiger partial charge in [-0.25, -0.2) is 4.98 Å². The molecule has 2 nitrogen and oxygen atoms in total. The Morgan fingerprint density at radius 2 is 2.27 bits per heavy atom. The number of aromatic nitrogens is 1. The van der Waals surface area contributed by atoms with Gasteiger partial charge in [0, 0.05) is 17.3 Å². The van der Waals surface area contributed by atoms with Gasteiger partial charge in [-0.1, -0.05) is 0 Å². The molecule has 0 saturated heterocycles. The SMILES string of the molecule is Cc1cc(C)c(C#N)c(SCCCCl)n1. The fourth-order valence-electron chi connectivity index (χ4n) is 1.27. The van der Waals surface area contributed by atoms with Crippen molar-refractivity contribution in [3.05, 3.63) is 22.9 Å². The predicted octanol–water partition coefficient (Wildman–Crippen LogP) is 3.29. The van der Waals surface area contributed by atoms with E-state index in [1.54, 1.807) is 11.8 Å². The molecule has 1 aromatic rings. The Bertz CT molecular complexity index is 385. The topological polar surface area (TPSA) is 36.7 Å². The van der Waals surface area contributed by atoms with Gasteiger partial charge in [0.15, 0.2) is 0 Å². The van der Waals surface area contributed by atoms with E-state index < -0.39 is 0 Å². The fourth-order valence-corrected chi connectivity index (χ4v) is 2.60. The van der Waals surface area contributed by atoms with Crippen molar-refractivity contribution in [3.8, 4) is 6.07 Å². The first-order valence-electron chi connectivity index (χ1n) is 4.76. The van der Waals surface area contributed by atoms with Crippen molar-refractivity contribution >= 4 is 23.4 Å². The van der Waals surface area contributed by atoms with Crippen LogP contribution in [0.2, 0.25) is 0 Å². The van der Waals surface area contributed by atoms with Gasteiger partial charge in [0.25, 0.3) is 0 Å². The molecule has 0 radical (unpaired) electrons. The molecular formula is C11H13ClN2S. The zero-order valence-corrected chi connectivity index (χ0v) is 10.5. The summed E-state index contributed by atoms with van der Waals surface area (Å²) < 4.78 is 0. The minimum Gasteiger partial charge on any atom is -0.245 e. The number of halogens is 1. The molecule has 80 valence electrons. The lowest BCUT2D eigenvalue weighted by atomic mass is 10.1. The van der Waals surface area contributed by atoms with E-state index in [2.05, 4.69) is 11.1 Å². The van der Waals surface area contributed by atoms with Crippen molar-refractivity contribution in [2.45, 2.75) is 25.3 Å². The molecule has 0 aliphatic carbocycles. The van der Waals surface area contributed by atoms with Crippen molar-refractivity contribution < 1.29 is 0 Å². The molecule has 4 heteroatoms. The molecule has 0 aliphatic rings. The van der Waals surface area contributed by atoms with Gasteiger partial charge < -0.3 is 0 Å². The van der Waals surface area contributed by atoms with Gasteiger partial charge in [0.2, 0.25) is 0 Å². The molecule has 0 bridgehead atoms. The maximum Gasteiger partial charge on any atom is 0.114 e. The third-order valence-corrected chi connectivity index (χ3v) is 3.27. The lowest BCUT2D eigenvalue weighted by molar-refractivity contribution is 1.02. The Morgan fingerprint density at radius 1 is 1.53 bits per heavy atom. The Balaban J connectivity index is 2.90. The van der Waals surface area contributed by atoms with Crippen LogP contribution in [0, 0.1) is 25.2 Å². The lowest BCUT2D eigenvalue weighted by Crippen LogP contribution is -1.95. The van der Waals surface area contributed by atoms with E-state index in [0.717, 1.165) is 28.5 Å². The number of pyridine rings is 1. The predicted molar refractivity (Wildman–Crippen MR) is 64.5 cm³/mol. The highest BCUT2D eigenvalue weighted by Crippen LogP contribution is 2.24. The summed E-state index contributed by atoms with van der Waals surface area (Å²) in [5.74, 6) is 1.56. The van der Waals surface area contributed by atoms with E-state index in [1.165, 1.54) is 0 Å². The van der Waals surface area contributed by atoms with Crippen LogP contribution in [0.1, 0.15) is 23.2 Å². The largest absolute Gasteiger partial charge is 0.245 e. The summed E-state index contributed by atoms with van der Waals surface area (Å²) in [5, 5.41) is 9.85. The number of hydrogen-bond acceptors (Lipinski definition) is 3. The molecular weight excluding hydrogens is 228 g/mol. The van der Waals surface area contributed by atoms with Crippen molar-refractivity contribution in [1.82, 2.24) is 4.98 Å². The van der Waals surface area contributed by atoms with E-state index in [-0.39, 0.29) is 0 Å². The number of hydrogen-bond donors (Lipinski definition) is 0. The third-order valence-electron chi connectivity index (χ3n) is 1.94. The highest BCUT2D eigenvalue weighted by molar-refractivity contribution is 7.99. The Labute approximate surface area is 99.7 Å². The van der Waals surface area contributed by atoms with Crippen LogP contribution >= 0.6 is 23.4 Å². The number of alkyl halides is 1. The fraction of sp³-hybridized carbons (Fsp3) is 0.455. The monoisotopic (exact) mass is 240 g/mol. The first kappa shape index (κ1) is 12.4. The molecule has 0 N–H and O–H groups in total. The Kier molecular flexibility index (Phi) is 4.93. The molecule has 0 aliphatic heterocycles. The molecule has 1 heterocycles. The van der Waals surface area contributed by atoms with Crippen LogP contribution in [0.15, 0.2) is 11.1 Å². The van der Waals surface area contributed by atoms with Crippen LogP contribution in [0.3, 0.4) is 0 Å². The van der Waals surface area contributed by atoms with Crippen molar-refractivity contribution in [2.75, 3.05) is 11.6 Å². The van der Waals surface area contributed by atoms with Crippen LogP contribution in [-0.4, -0.2) is 16.6 Å². The lowest BCUT2D eigenvalue weighted by Gasteiger charge is -2.06. The van der Waals surface area contributed by atoms with Crippen LogP contribution in [0.25, 0.3) is 0 Å². The van der Waals surface area contributed by atoms with Crippen LogP contribution < -0.4 is 0 Å². The summed E-state index contributed by atoms with van der Waals surface area (Å²) in [6.07, 6.45) is 0.936. The number of aryl methyl sites for hydroxylation is 2. The Morgan fingerprint density at radius 3 is 2.87 bits per heavy atom. The summed E-state index contributed by atoms with van der Waals surface area (Å²) in [6, 6.07) is 4.14. The molecule has 0 unspecified atom stereocenters. The summed E-state index contributed by atoms with van der Waals surface area (Å²) in [5.41, 5.74) is 2.65. The standard InChI is InChI=1S/C11H13ClN2S/c1-8-6-9(2)14-11(10(8)7-13)15-5-3-4-12/h6H,3-5H2,1-2H3. The van der Waals surface area contributed by atoms with Gasteiger partial charge in [0.1, 0.15) is 11.1 Å². The van der Waals surface area contributed by atoms with E-state index in [9.17, 15) is 0 Å². The molecule has 1 rings (SSSR count). The second kappa shape index (κ2) is 5.99. The highest BCUT2D eigenvalue weighted by atomic mass is 35.5. The van der Waals surface area contributed by atoms with Crippen molar-refractivity contribution in [3.63, 3.8) is 0 Å². The van der Waals surface area contributed by atoms with Gasteiger partial charge in [-0.2, -0.15) is 5.26 Å². The average molecular weight is 241 g/mol. The smallest absolute Gasteiger partial charge is 0.114 e. The van der Waals surface area contributed by atoms with Crippen molar-refractivity contribution in [1.29, 1.82) is 5.26 Å². The highest BCUT2D eigenvalue weighted by Gasteiger charge is 2.08. The Hall–Kier alpha value is -0.720. The minimum absolute atomic E-state index is 0.652. The minimum atomic E-state index is 0.652. The number of nitrogens with zero attached hydrogens (tertiary/aromatic N) is 2. The van der Waals surface area contributed by atoms with E-state index in [4.69, 9.17) is 16.9 Å². The molecule has 0 atom stereocenters. The summed E-state index contributed by atoms with van der Waals surface area (Å²) in [4.78, 5) is 4.37. The van der Waals surface area contributed by atoms with Gasteiger partial charge in [-0.15, -0.1) is 23.4 Å². The van der Waals surface area contributed by atoms with Crippen LogP contribution in [0.5, 0.6) is 0 Å². The average Bonchev–Trinajstić information content (AvgIpc) is 2.17. The maximum absolute atomic E-state index is 9.02. The maximum atomic E-state index is 9.02. The summed E-state index contributed by atoms with van der Waals surface area (Å²) in [7, 11) is 0. The molecule has 15 heavy (non-hydrogen) atoms. The van der Waals surface area contributed by atoms with E-state index in [1.807, 2.05) is 19.9 Å². The van der Waals surface area contributed by atoms with Gasteiger partial charge in [-0.3, -0.25) is 0 Å². The number of rotatable bonds is 4. The molecule has 0 spiro atoms. The first-order valence-corrected chi connectivity index (χ1v) is 6.28. The molecule has 0 aromatic carbocycles. The second-order valence-electron chi connectivity index (χ2n) is 3.26. The summed E-state index contributed by atoms with van der Waals surface area (Å²) in [6.45, 7) is 3.89. The quantitative estimate of drug-likeness (QED) is 0.460. The zero-order valence-electron chi connectivity index (χ0n) is 8.88. The van der Waals surface area contributed by atoms with Gasteiger partial charge in [-0.05, 0) is 31.9 Å². The molecule has 0 amide bonds. The van der Waals surface area contributed by atoms with Crippen LogP contribution in [0.4, 0.5) is 0 Å². The van der Waals surface area contributed by atoms with Gasteiger partial charge in [0.05, 0.1) is 5.56 Å². The molecule has 0 saturated carbocycles. The first-order chi connectivity index (χ1) is 7.19. The molecule has 1 aromatic heterocycles. The number of thioether (sulfide) groups is 1. The number of nitriles is 1.